The predicted molar refractivity (Wildman–Crippen MR) is 188 cm³/mol. The highest BCUT2D eigenvalue weighted by molar-refractivity contribution is 8.00. The Morgan fingerprint density at radius 2 is 1.20 bits per heavy atom. The molecule has 4 heteroatoms. The molecule has 7 aromatic carbocycles. The molecule has 3 heterocycles. The van der Waals surface area contributed by atoms with E-state index in [0.29, 0.717) is 0 Å². The minimum Gasteiger partial charge on any atom is -0.457 e. The van der Waals surface area contributed by atoms with Crippen molar-refractivity contribution in [3.63, 3.8) is 0 Å². The molecule has 3 nitrogen and oxygen atoms in total. The Labute approximate surface area is 267 Å². The van der Waals surface area contributed by atoms with Gasteiger partial charge in [-0.05, 0) is 64.7 Å². The third-order valence-electron chi connectivity index (χ3n) is 9.97. The largest absolute Gasteiger partial charge is 0.457 e. The molecule has 1 aromatic heterocycles. The fraction of sp³-hybridized carbons (Fsp3) is 0.0238. The minimum atomic E-state index is -2.90. The third-order valence-corrected chi connectivity index (χ3v) is 12.1. The normalized spacial score (nSPS) is 17.3. The Kier molecular flexibility index (Phi) is 5.03. The Balaban J connectivity index is 1.50. The Morgan fingerprint density at radius 1 is 0.565 bits per heavy atom. The second-order valence-electron chi connectivity index (χ2n) is 12.2. The van der Waals surface area contributed by atoms with E-state index in [4.69, 9.17) is 4.74 Å². The van der Waals surface area contributed by atoms with Gasteiger partial charge in [-0.1, -0.05) is 109 Å². The van der Waals surface area contributed by atoms with Crippen molar-refractivity contribution in [2.45, 2.75) is 15.2 Å². The van der Waals surface area contributed by atoms with E-state index in [9.17, 15) is 0 Å². The van der Waals surface area contributed by atoms with Crippen LogP contribution in [0, 0.1) is 0 Å². The van der Waals surface area contributed by atoms with Gasteiger partial charge >= 0.3 is 0 Å². The number of rotatable bonds is 1. The molecule has 46 heavy (non-hydrogen) atoms. The van der Waals surface area contributed by atoms with Crippen LogP contribution in [0.1, 0.15) is 22.3 Å². The molecule has 0 N–H and O–H groups in total. The van der Waals surface area contributed by atoms with Gasteiger partial charge in [0, 0.05) is 52.5 Å². The van der Waals surface area contributed by atoms with Gasteiger partial charge in [-0.2, -0.15) is 0 Å². The second-order valence-corrected chi connectivity index (χ2v) is 14.5. The fourth-order valence-electron chi connectivity index (χ4n) is 8.13. The molecule has 0 fully saturated rings. The molecule has 1 atom stereocenters. The van der Waals surface area contributed by atoms with Gasteiger partial charge in [0.25, 0.3) is 0 Å². The molecular weight excluding hydrogens is 583 g/mol. The van der Waals surface area contributed by atoms with Crippen molar-refractivity contribution in [2.75, 3.05) is 0 Å². The number of aromatic nitrogens is 1. The quantitative estimate of drug-likeness (QED) is 0.174. The van der Waals surface area contributed by atoms with Crippen LogP contribution in [0.2, 0.25) is 0 Å². The zero-order valence-electron chi connectivity index (χ0n) is 24.8. The first-order chi connectivity index (χ1) is 22.6. The summed E-state index contributed by atoms with van der Waals surface area (Å²) in [6.45, 7) is 0. The van der Waals surface area contributed by atoms with Gasteiger partial charge in [0.15, 0.2) is 0 Å². The van der Waals surface area contributed by atoms with E-state index in [1.54, 1.807) is 0 Å². The van der Waals surface area contributed by atoms with Crippen molar-refractivity contribution in [2.24, 2.45) is 0 Å². The summed E-state index contributed by atoms with van der Waals surface area (Å²) in [6.07, 6.45) is 0. The molecule has 0 bridgehead atoms. The Hall–Kier alpha value is -5.58. The number of nitrogens with zero attached hydrogens (tertiary/aromatic N) is 1. The van der Waals surface area contributed by atoms with Gasteiger partial charge in [0.05, 0.1) is 16.4 Å². The van der Waals surface area contributed by atoms with E-state index < -0.39 is 14.9 Å². The standard InChI is InChI=1S/C42H27NO2S/c1-46(44)38-21-11-7-17-34(38)42(32-15-5-9-19-36(32)45-37-20-10-6-16-33(37)42)40-39(46)25-24-31-30-14-4-8-18-35(30)43(41(31)40)29-23-22-27-12-2-3-13-28(27)26-29/h2-26H,1H2. The summed E-state index contributed by atoms with van der Waals surface area (Å²) in [5, 5.41) is 4.61. The molecule has 1 spiro atoms. The fourth-order valence-corrected chi connectivity index (χ4v) is 10.1. The van der Waals surface area contributed by atoms with Crippen LogP contribution in [-0.4, -0.2) is 14.6 Å². The number of fused-ring (bicyclic) bond motifs is 13. The molecule has 0 amide bonds. The lowest BCUT2D eigenvalue weighted by atomic mass is 9.63. The monoisotopic (exact) mass is 609 g/mol. The minimum absolute atomic E-state index is 0.759. The summed E-state index contributed by atoms with van der Waals surface area (Å²) in [4.78, 5) is 1.52. The topological polar surface area (TPSA) is 31.2 Å². The molecule has 2 aliphatic rings. The van der Waals surface area contributed by atoms with Gasteiger partial charge in [-0.3, -0.25) is 4.21 Å². The number of ether oxygens (including phenoxy) is 1. The highest BCUT2D eigenvalue weighted by Gasteiger charge is 2.53. The first kappa shape index (κ1) is 25.7. The van der Waals surface area contributed by atoms with Gasteiger partial charge in [-0.25, -0.2) is 0 Å². The molecule has 0 aliphatic carbocycles. The molecule has 0 saturated heterocycles. The molecule has 0 saturated carbocycles. The molecule has 218 valence electrons. The summed E-state index contributed by atoms with van der Waals surface area (Å²) in [7, 11) is -2.90. The molecule has 0 radical (unpaired) electrons. The maximum atomic E-state index is 15.2. The van der Waals surface area contributed by atoms with Crippen LogP contribution in [-0.2, 0) is 14.9 Å². The molecule has 10 rings (SSSR count). The van der Waals surface area contributed by atoms with Crippen LogP contribution in [0.25, 0.3) is 38.3 Å². The lowest BCUT2D eigenvalue weighted by molar-refractivity contribution is 0.431. The van der Waals surface area contributed by atoms with Crippen molar-refractivity contribution >= 4 is 48.0 Å². The van der Waals surface area contributed by atoms with Gasteiger partial charge in [0.1, 0.15) is 11.5 Å². The molecule has 1 unspecified atom stereocenters. The highest BCUT2D eigenvalue weighted by Crippen LogP contribution is 2.61. The summed E-state index contributed by atoms with van der Waals surface area (Å²) in [5.41, 5.74) is 6.39. The molecule has 2 aliphatic heterocycles. The number of benzene rings is 7. The van der Waals surface area contributed by atoms with E-state index in [0.717, 1.165) is 71.0 Å². The number of hydrogen-bond donors (Lipinski definition) is 0. The van der Waals surface area contributed by atoms with Crippen molar-refractivity contribution in [3.8, 4) is 17.2 Å². The van der Waals surface area contributed by atoms with Crippen LogP contribution >= 0.6 is 0 Å². The van der Waals surface area contributed by atoms with Crippen molar-refractivity contribution in [1.82, 2.24) is 4.57 Å². The average Bonchev–Trinajstić information content (AvgIpc) is 3.44. The van der Waals surface area contributed by atoms with Crippen molar-refractivity contribution in [1.29, 1.82) is 0 Å². The van der Waals surface area contributed by atoms with E-state index >= 15 is 4.21 Å². The Bertz CT molecular complexity index is 2650. The van der Waals surface area contributed by atoms with Crippen molar-refractivity contribution < 1.29 is 8.95 Å². The third kappa shape index (κ3) is 3.11. The SMILES string of the molecule is C=S1(=O)c2ccccc2C2(c3ccccc3Oc3ccccc32)c2c1ccc1c3ccccc3n(-c3ccc4ccccc4c3)c21. The Morgan fingerprint density at radius 3 is 1.98 bits per heavy atom. The van der Waals surface area contributed by atoms with Crippen LogP contribution in [0.15, 0.2) is 161 Å². The van der Waals surface area contributed by atoms with Crippen LogP contribution in [0.3, 0.4) is 0 Å². The van der Waals surface area contributed by atoms with Crippen LogP contribution in [0.5, 0.6) is 11.5 Å². The lowest BCUT2D eigenvalue weighted by Gasteiger charge is -2.46. The molecular formula is C42H27NO2S. The van der Waals surface area contributed by atoms with Gasteiger partial charge in [0.2, 0.25) is 0 Å². The number of hydrogen-bond acceptors (Lipinski definition) is 2. The number of para-hydroxylation sites is 3. The predicted octanol–water partition coefficient (Wildman–Crippen LogP) is 9.87. The second kappa shape index (κ2) is 9.00. The first-order valence-corrected chi connectivity index (χ1v) is 17.2. The average molecular weight is 610 g/mol. The highest BCUT2D eigenvalue weighted by atomic mass is 32.2. The maximum Gasteiger partial charge on any atom is 0.132 e. The van der Waals surface area contributed by atoms with Crippen molar-refractivity contribution in [3.05, 3.63) is 174 Å². The summed E-state index contributed by atoms with van der Waals surface area (Å²) in [6, 6.07) is 52.7. The van der Waals surface area contributed by atoms with Crippen LogP contribution < -0.4 is 4.74 Å². The zero-order valence-corrected chi connectivity index (χ0v) is 25.6. The maximum absolute atomic E-state index is 15.2. The summed E-state index contributed by atoms with van der Waals surface area (Å²) >= 11 is 0. The summed E-state index contributed by atoms with van der Waals surface area (Å²) in [5.74, 6) is 6.09. The lowest BCUT2D eigenvalue weighted by Crippen LogP contribution is -2.40. The zero-order chi connectivity index (χ0) is 30.6. The molecule has 8 aromatic rings. The van der Waals surface area contributed by atoms with Gasteiger partial charge in [-0.15, -0.1) is 0 Å². The van der Waals surface area contributed by atoms with E-state index in [-0.39, 0.29) is 0 Å². The first-order valence-electron chi connectivity index (χ1n) is 15.5. The van der Waals surface area contributed by atoms with E-state index in [1.807, 2.05) is 36.4 Å². The summed E-state index contributed by atoms with van der Waals surface area (Å²) < 4.78 is 24.2. The van der Waals surface area contributed by atoms with Gasteiger partial charge < -0.3 is 9.30 Å². The van der Waals surface area contributed by atoms with E-state index in [1.165, 1.54) is 10.8 Å². The van der Waals surface area contributed by atoms with E-state index in [2.05, 4.69) is 126 Å². The smallest absolute Gasteiger partial charge is 0.132 e. The van der Waals surface area contributed by atoms with Crippen LogP contribution in [0.4, 0.5) is 0 Å².